The van der Waals surface area contributed by atoms with E-state index in [-0.39, 0.29) is 0 Å². The Balaban J connectivity index is 0.000000247. The van der Waals surface area contributed by atoms with Crippen LogP contribution in [0, 0.1) is 5.92 Å². The van der Waals surface area contributed by atoms with Crippen molar-refractivity contribution >= 4 is 5.95 Å². The van der Waals surface area contributed by atoms with Gasteiger partial charge in [-0.25, -0.2) is 0 Å². The zero-order chi connectivity index (χ0) is 14.0. The predicted molar refractivity (Wildman–Crippen MR) is 78.8 cm³/mol. The summed E-state index contributed by atoms with van der Waals surface area (Å²) in [6.07, 6.45) is 10.6. The summed E-state index contributed by atoms with van der Waals surface area (Å²) in [5.74, 6) is 1.66. The molecule has 3 heterocycles. The van der Waals surface area contributed by atoms with E-state index in [4.69, 9.17) is 9.26 Å². The summed E-state index contributed by atoms with van der Waals surface area (Å²) >= 11 is 0. The third-order valence-electron chi connectivity index (χ3n) is 4.04. The fraction of sp³-hybridized carbons (Fsp3) is 0.867. The second-order valence-corrected chi connectivity index (χ2v) is 5.62. The number of aromatic nitrogens is 2. The predicted octanol–water partition coefficient (Wildman–Crippen LogP) is 3.27. The SMILES string of the molecule is C1CCOC1.CCCCC1CCN(c2ncon2)CC1. The van der Waals surface area contributed by atoms with Gasteiger partial charge in [0.15, 0.2) is 0 Å². The molecular weight excluding hydrogens is 254 g/mol. The molecule has 5 nitrogen and oxygen atoms in total. The molecular formula is C15H27N3O2. The van der Waals surface area contributed by atoms with Gasteiger partial charge in [0, 0.05) is 26.3 Å². The topological polar surface area (TPSA) is 51.4 Å². The van der Waals surface area contributed by atoms with Crippen LogP contribution in [0.5, 0.6) is 0 Å². The number of nitrogens with zero attached hydrogens (tertiary/aromatic N) is 3. The number of ether oxygens (including phenoxy) is 1. The molecule has 1 aromatic rings. The quantitative estimate of drug-likeness (QED) is 0.847. The van der Waals surface area contributed by atoms with Crippen molar-refractivity contribution < 1.29 is 9.26 Å². The molecule has 0 aliphatic carbocycles. The van der Waals surface area contributed by atoms with Gasteiger partial charge in [-0.05, 0) is 36.8 Å². The minimum atomic E-state index is 0.754. The summed E-state index contributed by atoms with van der Waals surface area (Å²) in [6, 6.07) is 0. The number of unbranched alkanes of at least 4 members (excludes halogenated alkanes) is 1. The summed E-state index contributed by atoms with van der Waals surface area (Å²) < 4.78 is 9.70. The molecule has 2 aliphatic heterocycles. The lowest BCUT2D eigenvalue weighted by molar-refractivity contribution is 0.198. The maximum Gasteiger partial charge on any atom is 0.265 e. The van der Waals surface area contributed by atoms with Gasteiger partial charge in [0.05, 0.1) is 0 Å². The van der Waals surface area contributed by atoms with Crippen LogP contribution in [0.4, 0.5) is 5.95 Å². The standard InChI is InChI=1S/C11H19N3O.C4H8O/c1-2-3-4-10-5-7-14(8-6-10)11-12-9-15-13-11;1-2-4-5-3-1/h9-10H,2-8H2,1H3;1-4H2. The summed E-state index contributed by atoms with van der Waals surface area (Å²) in [5.41, 5.74) is 0. The molecule has 0 unspecified atom stereocenters. The number of rotatable bonds is 4. The summed E-state index contributed by atoms with van der Waals surface area (Å²) in [6.45, 7) is 6.41. The van der Waals surface area contributed by atoms with Crippen LogP contribution >= 0.6 is 0 Å². The molecule has 2 aliphatic rings. The van der Waals surface area contributed by atoms with Gasteiger partial charge < -0.3 is 14.2 Å². The van der Waals surface area contributed by atoms with E-state index in [1.165, 1.54) is 51.3 Å². The fourth-order valence-corrected chi connectivity index (χ4v) is 2.73. The van der Waals surface area contributed by atoms with Crippen LogP contribution in [0.2, 0.25) is 0 Å². The molecule has 5 heteroatoms. The maximum absolute atomic E-state index is 4.94. The molecule has 114 valence electrons. The van der Waals surface area contributed by atoms with Gasteiger partial charge in [-0.15, -0.1) is 0 Å². The van der Waals surface area contributed by atoms with Crippen molar-refractivity contribution in [2.75, 3.05) is 31.2 Å². The molecule has 20 heavy (non-hydrogen) atoms. The molecule has 0 amide bonds. The molecule has 0 aromatic carbocycles. The first kappa shape index (κ1) is 15.3. The van der Waals surface area contributed by atoms with Gasteiger partial charge in [0.1, 0.15) is 0 Å². The van der Waals surface area contributed by atoms with Crippen LogP contribution in [0.25, 0.3) is 0 Å². The van der Waals surface area contributed by atoms with E-state index in [9.17, 15) is 0 Å². The summed E-state index contributed by atoms with van der Waals surface area (Å²) in [5, 5.41) is 3.87. The number of anilines is 1. The molecule has 0 N–H and O–H groups in total. The van der Waals surface area contributed by atoms with Gasteiger partial charge in [0.25, 0.3) is 5.95 Å². The van der Waals surface area contributed by atoms with Crippen LogP contribution in [0.3, 0.4) is 0 Å². The average Bonchev–Trinajstić information content (AvgIpc) is 3.20. The highest BCUT2D eigenvalue weighted by Crippen LogP contribution is 2.24. The largest absolute Gasteiger partial charge is 0.381 e. The molecule has 0 spiro atoms. The third-order valence-corrected chi connectivity index (χ3v) is 4.04. The second-order valence-electron chi connectivity index (χ2n) is 5.62. The zero-order valence-electron chi connectivity index (χ0n) is 12.6. The van der Waals surface area contributed by atoms with Gasteiger partial charge in [-0.2, -0.15) is 4.98 Å². The van der Waals surface area contributed by atoms with E-state index in [0.29, 0.717) is 0 Å². The van der Waals surface area contributed by atoms with Gasteiger partial charge >= 0.3 is 0 Å². The molecule has 0 bridgehead atoms. The van der Waals surface area contributed by atoms with Crippen LogP contribution in [-0.4, -0.2) is 36.4 Å². The van der Waals surface area contributed by atoms with Gasteiger partial charge in [0.2, 0.25) is 6.39 Å². The van der Waals surface area contributed by atoms with Crippen LogP contribution < -0.4 is 4.90 Å². The first-order chi connectivity index (χ1) is 9.90. The van der Waals surface area contributed by atoms with E-state index in [1.54, 1.807) is 0 Å². The molecule has 0 radical (unpaired) electrons. The Morgan fingerprint density at radius 3 is 2.50 bits per heavy atom. The summed E-state index contributed by atoms with van der Waals surface area (Å²) in [7, 11) is 0. The average molecular weight is 281 g/mol. The van der Waals surface area contributed by atoms with Crippen molar-refractivity contribution in [3.05, 3.63) is 6.39 Å². The summed E-state index contributed by atoms with van der Waals surface area (Å²) in [4.78, 5) is 6.29. The van der Waals surface area contributed by atoms with Crippen molar-refractivity contribution in [1.29, 1.82) is 0 Å². The molecule has 2 fully saturated rings. The first-order valence-corrected chi connectivity index (χ1v) is 7.99. The van der Waals surface area contributed by atoms with E-state index >= 15 is 0 Å². The van der Waals surface area contributed by atoms with E-state index in [0.717, 1.165) is 38.2 Å². The van der Waals surface area contributed by atoms with Gasteiger partial charge in [-0.3, -0.25) is 0 Å². The molecule has 2 saturated heterocycles. The lowest BCUT2D eigenvalue weighted by atomic mass is 9.92. The highest BCUT2D eigenvalue weighted by Gasteiger charge is 2.20. The van der Waals surface area contributed by atoms with Crippen molar-refractivity contribution in [1.82, 2.24) is 10.1 Å². The second kappa shape index (κ2) is 8.95. The van der Waals surface area contributed by atoms with Crippen molar-refractivity contribution in [2.45, 2.75) is 51.9 Å². The van der Waals surface area contributed by atoms with E-state index in [2.05, 4.69) is 22.0 Å². The van der Waals surface area contributed by atoms with Crippen LogP contribution in [0.15, 0.2) is 10.9 Å². The maximum atomic E-state index is 4.94. The van der Waals surface area contributed by atoms with Crippen LogP contribution in [-0.2, 0) is 4.74 Å². The van der Waals surface area contributed by atoms with E-state index < -0.39 is 0 Å². The number of hydrogen-bond acceptors (Lipinski definition) is 5. The number of piperidine rings is 1. The van der Waals surface area contributed by atoms with Crippen molar-refractivity contribution in [3.63, 3.8) is 0 Å². The fourth-order valence-electron chi connectivity index (χ4n) is 2.73. The smallest absolute Gasteiger partial charge is 0.265 e. The Kier molecular flexibility index (Phi) is 6.84. The normalized spacial score (nSPS) is 19.8. The Morgan fingerprint density at radius 2 is 2.00 bits per heavy atom. The molecule has 0 atom stereocenters. The highest BCUT2D eigenvalue weighted by atomic mass is 16.5. The first-order valence-electron chi connectivity index (χ1n) is 7.99. The monoisotopic (exact) mass is 281 g/mol. The van der Waals surface area contributed by atoms with Crippen molar-refractivity contribution in [2.24, 2.45) is 5.92 Å². The van der Waals surface area contributed by atoms with Gasteiger partial charge in [-0.1, -0.05) is 26.2 Å². The highest BCUT2D eigenvalue weighted by molar-refractivity contribution is 5.26. The lowest BCUT2D eigenvalue weighted by Gasteiger charge is -2.30. The molecule has 1 aromatic heterocycles. The Hall–Kier alpha value is -1.10. The Labute approximate surface area is 121 Å². The molecule has 0 saturated carbocycles. The van der Waals surface area contributed by atoms with E-state index in [1.807, 2.05) is 0 Å². The zero-order valence-corrected chi connectivity index (χ0v) is 12.6. The lowest BCUT2D eigenvalue weighted by Crippen LogP contribution is -2.34. The minimum absolute atomic E-state index is 0.754. The molecule has 3 rings (SSSR count). The number of hydrogen-bond donors (Lipinski definition) is 0. The van der Waals surface area contributed by atoms with Crippen molar-refractivity contribution in [3.8, 4) is 0 Å². The Bertz CT molecular complexity index is 323. The Morgan fingerprint density at radius 1 is 1.25 bits per heavy atom. The minimum Gasteiger partial charge on any atom is -0.381 e. The third kappa shape index (κ3) is 5.12. The van der Waals surface area contributed by atoms with Crippen LogP contribution in [0.1, 0.15) is 51.9 Å².